The molecule has 3 aromatic carbocycles. The molecule has 0 N–H and O–H groups in total. The number of rotatable bonds is 4. The molecule has 0 amide bonds. The van der Waals surface area contributed by atoms with Crippen LogP contribution < -0.4 is 0 Å². The zero-order chi connectivity index (χ0) is 25.9. The van der Waals surface area contributed by atoms with Crippen LogP contribution in [0, 0.1) is 12.8 Å². The molecule has 0 aliphatic carbocycles. The van der Waals surface area contributed by atoms with E-state index in [1.807, 2.05) is 12.3 Å². The highest BCUT2D eigenvalue weighted by Gasteiger charge is 2.23. The monoisotopic (exact) mass is 487 g/mol. The number of fused-ring (bicyclic) bond motifs is 3. The molecule has 0 aliphatic rings. The zero-order valence-corrected chi connectivity index (χ0v) is 22.5. The molecule has 3 nitrogen and oxygen atoms in total. The topological polar surface area (TPSA) is 39.2 Å². The standard InChI is InChI=1S/C34H33NO2/c1-20(2)15-22-11-12-24-19-30(36-29(24)16-22)33-21(3)31-28(37-33)13-14-35-32(31)25-17-23-9-7-8-10-26(23)27(18-25)34(4,5)6/h7-14,16-20H,15H2,1-6H3. The molecule has 0 unspecified atom stereocenters. The molecule has 0 atom stereocenters. The lowest BCUT2D eigenvalue weighted by Gasteiger charge is -2.22. The van der Waals surface area contributed by atoms with E-state index in [4.69, 9.17) is 13.8 Å². The lowest BCUT2D eigenvalue weighted by Crippen LogP contribution is -2.12. The van der Waals surface area contributed by atoms with Gasteiger partial charge in [-0.05, 0) is 76.9 Å². The van der Waals surface area contributed by atoms with Gasteiger partial charge in [0.25, 0.3) is 0 Å². The van der Waals surface area contributed by atoms with Gasteiger partial charge in [0.05, 0.1) is 11.1 Å². The summed E-state index contributed by atoms with van der Waals surface area (Å²) in [6, 6.07) is 23.7. The summed E-state index contributed by atoms with van der Waals surface area (Å²) in [5.74, 6) is 2.12. The molecule has 0 saturated heterocycles. The Balaban J connectivity index is 1.52. The summed E-state index contributed by atoms with van der Waals surface area (Å²) in [6.45, 7) is 13.4. The molecule has 37 heavy (non-hydrogen) atoms. The Kier molecular flexibility index (Phi) is 5.49. The summed E-state index contributed by atoms with van der Waals surface area (Å²) in [5, 5.41) is 4.63. The van der Waals surface area contributed by atoms with Gasteiger partial charge in [-0.3, -0.25) is 4.98 Å². The van der Waals surface area contributed by atoms with Crippen molar-refractivity contribution in [2.75, 3.05) is 0 Å². The van der Waals surface area contributed by atoms with Crippen molar-refractivity contribution in [2.45, 2.75) is 53.4 Å². The third-order valence-corrected chi connectivity index (χ3v) is 7.24. The third-order valence-electron chi connectivity index (χ3n) is 7.24. The second kappa shape index (κ2) is 8.62. The summed E-state index contributed by atoms with van der Waals surface area (Å²) in [5.41, 5.74) is 7.43. The highest BCUT2D eigenvalue weighted by molar-refractivity contribution is 6.00. The van der Waals surface area contributed by atoms with Crippen LogP contribution in [0.25, 0.3) is 55.5 Å². The summed E-state index contributed by atoms with van der Waals surface area (Å²) in [4.78, 5) is 4.87. The fourth-order valence-electron chi connectivity index (χ4n) is 5.50. The Morgan fingerprint density at radius 2 is 1.65 bits per heavy atom. The van der Waals surface area contributed by atoms with Crippen molar-refractivity contribution in [3.8, 4) is 22.8 Å². The van der Waals surface area contributed by atoms with Crippen molar-refractivity contribution in [3.05, 3.63) is 89.6 Å². The molecule has 6 rings (SSSR count). The summed E-state index contributed by atoms with van der Waals surface area (Å²) < 4.78 is 12.8. The average molecular weight is 488 g/mol. The molecular formula is C34H33NO2. The van der Waals surface area contributed by atoms with E-state index < -0.39 is 0 Å². The van der Waals surface area contributed by atoms with E-state index in [9.17, 15) is 0 Å². The van der Waals surface area contributed by atoms with Crippen LogP contribution in [0.2, 0.25) is 0 Å². The smallest absolute Gasteiger partial charge is 0.173 e. The van der Waals surface area contributed by atoms with E-state index in [-0.39, 0.29) is 5.41 Å². The number of benzene rings is 3. The van der Waals surface area contributed by atoms with Gasteiger partial charge in [0, 0.05) is 22.7 Å². The third kappa shape index (κ3) is 4.13. The first-order valence-corrected chi connectivity index (χ1v) is 13.1. The van der Waals surface area contributed by atoms with E-state index in [1.54, 1.807) is 0 Å². The van der Waals surface area contributed by atoms with E-state index in [1.165, 1.54) is 21.9 Å². The summed E-state index contributed by atoms with van der Waals surface area (Å²) in [6.07, 6.45) is 2.88. The lowest BCUT2D eigenvalue weighted by molar-refractivity contribution is 0.566. The lowest BCUT2D eigenvalue weighted by atomic mass is 9.82. The van der Waals surface area contributed by atoms with Gasteiger partial charge in [0.1, 0.15) is 11.2 Å². The van der Waals surface area contributed by atoms with Crippen molar-refractivity contribution in [2.24, 2.45) is 5.92 Å². The van der Waals surface area contributed by atoms with Gasteiger partial charge in [-0.15, -0.1) is 0 Å². The van der Waals surface area contributed by atoms with Crippen LogP contribution >= 0.6 is 0 Å². The maximum Gasteiger partial charge on any atom is 0.173 e. The second-order valence-electron chi connectivity index (χ2n) is 11.7. The van der Waals surface area contributed by atoms with Crippen LogP contribution in [0.4, 0.5) is 0 Å². The molecule has 3 heterocycles. The molecule has 6 aromatic rings. The van der Waals surface area contributed by atoms with Gasteiger partial charge < -0.3 is 8.83 Å². The molecule has 0 bridgehead atoms. The molecule has 0 fully saturated rings. The highest BCUT2D eigenvalue weighted by atomic mass is 16.4. The van der Waals surface area contributed by atoms with Crippen molar-refractivity contribution in [1.82, 2.24) is 4.98 Å². The summed E-state index contributed by atoms with van der Waals surface area (Å²) in [7, 11) is 0. The minimum Gasteiger partial charge on any atom is -0.453 e. The van der Waals surface area contributed by atoms with Crippen LogP contribution in [0.1, 0.15) is 51.3 Å². The predicted octanol–water partition coefficient (Wildman–Crippen LogP) is 9.87. The molecule has 3 aromatic heterocycles. The van der Waals surface area contributed by atoms with Crippen LogP contribution in [0.5, 0.6) is 0 Å². The normalized spacial score (nSPS) is 12.4. The number of pyridine rings is 1. The van der Waals surface area contributed by atoms with Gasteiger partial charge in [-0.25, -0.2) is 0 Å². The first-order valence-electron chi connectivity index (χ1n) is 13.1. The number of furan rings is 2. The van der Waals surface area contributed by atoms with E-state index in [0.29, 0.717) is 5.92 Å². The minimum absolute atomic E-state index is 0.00279. The molecule has 3 heteroatoms. The van der Waals surface area contributed by atoms with Gasteiger partial charge in [0.2, 0.25) is 0 Å². The number of hydrogen-bond donors (Lipinski definition) is 0. The Morgan fingerprint density at radius 3 is 2.43 bits per heavy atom. The van der Waals surface area contributed by atoms with Gasteiger partial charge in [-0.1, -0.05) is 71.0 Å². The van der Waals surface area contributed by atoms with Crippen molar-refractivity contribution >= 4 is 32.7 Å². The predicted molar refractivity (Wildman–Crippen MR) is 154 cm³/mol. The van der Waals surface area contributed by atoms with E-state index in [2.05, 4.69) is 102 Å². The summed E-state index contributed by atoms with van der Waals surface area (Å²) >= 11 is 0. The number of nitrogens with zero attached hydrogens (tertiary/aromatic N) is 1. The van der Waals surface area contributed by atoms with Crippen molar-refractivity contribution in [3.63, 3.8) is 0 Å². The molecule has 186 valence electrons. The first-order chi connectivity index (χ1) is 17.7. The SMILES string of the molecule is Cc1c(-c2cc3ccc(CC(C)C)cc3o2)oc2ccnc(-c3cc(C(C)(C)C)c4ccccc4c3)c12. The maximum atomic E-state index is 6.42. The first kappa shape index (κ1) is 23.5. The average Bonchev–Trinajstić information content (AvgIpc) is 3.43. The number of aromatic nitrogens is 1. The molecular weight excluding hydrogens is 454 g/mol. The molecule has 0 spiro atoms. The Morgan fingerprint density at radius 1 is 0.838 bits per heavy atom. The Bertz CT molecular complexity index is 1780. The van der Waals surface area contributed by atoms with Gasteiger partial charge in [0.15, 0.2) is 11.5 Å². The molecule has 0 aliphatic heterocycles. The molecule has 0 saturated carbocycles. The van der Waals surface area contributed by atoms with Crippen LogP contribution in [-0.4, -0.2) is 4.98 Å². The highest BCUT2D eigenvalue weighted by Crippen LogP contribution is 2.41. The van der Waals surface area contributed by atoms with Crippen LogP contribution in [0.15, 0.2) is 81.8 Å². The second-order valence-corrected chi connectivity index (χ2v) is 11.7. The van der Waals surface area contributed by atoms with Crippen LogP contribution in [-0.2, 0) is 11.8 Å². The van der Waals surface area contributed by atoms with Crippen LogP contribution in [0.3, 0.4) is 0 Å². The number of aryl methyl sites for hydroxylation is 1. The van der Waals surface area contributed by atoms with Gasteiger partial charge in [-0.2, -0.15) is 0 Å². The fraction of sp³-hybridized carbons (Fsp3) is 0.265. The minimum atomic E-state index is 0.00279. The Hall–Kier alpha value is -3.85. The van der Waals surface area contributed by atoms with Crippen molar-refractivity contribution < 1.29 is 8.83 Å². The number of hydrogen-bond acceptors (Lipinski definition) is 3. The van der Waals surface area contributed by atoms with E-state index in [0.717, 1.165) is 56.7 Å². The maximum absolute atomic E-state index is 6.42. The largest absolute Gasteiger partial charge is 0.453 e. The van der Waals surface area contributed by atoms with E-state index >= 15 is 0 Å². The molecule has 0 radical (unpaired) electrons. The fourth-order valence-corrected chi connectivity index (χ4v) is 5.50. The quantitative estimate of drug-likeness (QED) is 0.248. The zero-order valence-electron chi connectivity index (χ0n) is 22.5. The Labute approximate surface area is 218 Å². The van der Waals surface area contributed by atoms with Crippen molar-refractivity contribution in [1.29, 1.82) is 0 Å². The van der Waals surface area contributed by atoms with Gasteiger partial charge >= 0.3 is 0 Å².